The molecule has 0 unspecified atom stereocenters. The number of carbonyl (C=O) groups is 1. The highest BCUT2D eigenvalue weighted by Crippen LogP contribution is 2.28. The van der Waals surface area contributed by atoms with Crippen molar-refractivity contribution in [3.05, 3.63) is 64.6 Å². The number of ether oxygens (including phenoxy) is 1. The number of hydrogen-bond acceptors (Lipinski definition) is 3. The van der Waals surface area contributed by atoms with Crippen molar-refractivity contribution in [3.8, 4) is 5.75 Å². The Balaban J connectivity index is 2.12. The van der Waals surface area contributed by atoms with Crippen molar-refractivity contribution < 1.29 is 18.3 Å². The maximum atomic E-state index is 13.6. The van der Waals surface area contributed by atoms with Gasteiger partial charge in [0.15, 0.2) is 17.2 Å². The average molecular weight is 305 g/mol. The minimum absolute atomic E-state index is 0.0377. The summed E-state index contributed by atoms with van der Waals surface area (Å²) in [5.41, 5.74) is 0.325. The zero-order chi connectivity index (χ0) is 15.0. The molecule has 0 radical (unpaired) electrons. The third-order valence-electron chi connectivity index (χ3n) is 3.13. The molecule has 0 fully saturated rings. The van der Waals surface area contributed by atoms with Crippen LogP contribution in [0.15, 0.2) is 46.9 Å². The largest absolute Gasteiger partial charge is 0.496 e. The number of rotatable bonds is 3. The molecular weight excluding hydrogens is 295 g/mol. The lowest BCUT2D eigenvalue weighted by atomic mass is 10.1. The van der Waals surface area contributed by atoms with Crippen molar-refractivity contribution in [1.82, 2.24) is 0 Å². The Hall–Kier alpha value is -2.33. The fraction of sp³-hybridized carbons (Fsp3) is 0.0625. The topological polar surface area (TPSA) is 39.4 Å². The number of hydrogen-bond donors (Lipinski definition) is 0. The first-order valence-corrected chi connectivity index (χ1v) is 6.54. The third kappa shape index (κ3) is 2.38. The second kappa shape index (κ2) is 5.22. The van der Waals surface area contributed by atoms with E-state index in [-0.39, 0.29) is 16.9 Å². The van der Waals surface area contributed by atoms with E-state index in [0.29, 0.717) is 16.2 Å². The molecule has 3 aromatic rings. The number of ketones is 1. The number of carbonyl (C=O) groups excluding carboxylic acids is 1. The minimum atomic E-state index is -0.510. The van der Waals surface area contributed by atoms with Crippen molar-refractivity contribution in [2.45, 2.75) is 0 Å². The maximum absolute atomic E-state index is 13.6. The summed E-state index contributed by atoms with van der Waals surface area (Å²) in [6.45, 7) is 0. The van der Waals surface area contributed by atoms with Gasteiger partial charge in [-0.1, -0.05) is 23.7 Å². The molecule has 2 aromatic carbocycles. The molecule has 0 aliphatic heterocycles. The van der Waals surface area contributed by atoms with Crippen molar-refractivity contribution in [3.63, 3.8) is 0 Å². The zero-order valence-electron chi connectivity index (χ0n) is 11.0. The summed E-state index contributed by atoms with van der Waals surface area (Å²) in [6.07, 6.45) is 0. The lowest BCUT2D eigenvalue weighted by Gasteiger charge is -2.06. The molecule has 5 heteroatoms. The lowest BCUT2D eigenvalue weighted by molar-refractivity contribution is 0.101. The molecule has 1 heterocycles. The molecule has 0 atom stereocenters. The molecule has 0 aliphatic rings. The van der Waals surface area contributed by atoms with Gasteiger partial charge in [-0.25, -0.2) is 4.39 Å². The van der Waals surface area contributed by atoms with Gasteiger partial charge in [-0.2, -0.15) is 0 Å². The van der Waals surface area contributed by atoms with Gasteiger partial charge < -0.3 is 9.15 Å². The van der Waals surface area contributed by atoms with E-state index in [9.17, 15) is 9.18 Å². The number of para-hydroxylation sites is 1. The molecule has 0 saturated heterocycles. The second-order valence-corrected chi connectivity index (χ2v) is 4.88. The van der Waals surface area contributed by atoms with Crippen LogP contribution in [0.25, 0.3) is 11.0 Å². The van der Waals surface area contributed by atoms with Gasteiger partial charge in [-0.05, 0) is 30.3 Å². The Morgan fingerprint density at radius 3 is 2.76 bits per heavy atom. The van der Waals surface area contributed by atoms with Crippen LogP contribution in [0.4, 0.5) is 4.39 Å². The van der Waals surface area contributed by atoms with Gasteiger partial charge in [0.2, 0.25) is 5.78 Å². The standard InChI is InChI=1S/C16H10ClFO3/c1-20-13-6-5-10(17)8-11(13)15(19)14-7-9-3-2-4-12(18)16(9)21-14/h2-8H,1H3. The molecule has 3 nitrogen and oxygen atoms in total. The number of fused-ring (bicyclic) bond motifs is 1. The highest BCUT2D eigenvalue weighted by Gasteiger charge is 2.20. The van der Waals surface area contributed by atoms with Crippen LogP contribution in [0.5, 0.6) is 5.75 Å². The summed E-state index contributed by atoms with van der Waals surface area (Å²) < 4.78 is 24.1. The Morgan fingerprint density at radius 2 is 2.05 bits per heavy atom. The molecule has 0 bridgehead atoms. The summed E-state index contributed by atoms with van der Waals surface area (Å²) in [6, 6.07) is 10.7. The van der Waals surface area contributed by atoms with Crippen LogP contribution in [0, 0.1) is 5.82 Å². The first-order chi connectivity index (χ1) is 10.1. The van der Waals surface area contributed by atoms with Gasteiger partial charge in [0.1, 0.15) is 5.75 Å². The van der Waals surface area contributed by atoms with Gasteiger partial charge in [-0.15, -0.1) is 0 Å². The normalized spacial score (nSPS) is 10.8. The fourth-order valence-electron chi connectivity index (χ4n) is 2.13. The van der Waals surface area contributed by atoms with Crippen LogP contribution in [0.2, 0.25) is 5.02 Å². The van der Waals surface area contributed by atoms with E-state index >= 15 is 0 Å². The van der Waals surface area contributed by atoms with Crippen molar-refractivity contribution in [2.75, 3.05) is 7.11 Å². The average Bonchev–Trinajstić information content (AvgIpc) is 2.92. The number of benzene rings is 2. The lowest BCUT2D eigenvalue weighted by Crippen LogP contribution is -2.02. The highest BCUT2D eigenvalue weighted by atomic mass is 35.5. The molecule has 0 aliphatic carbocycles. The number of halogens is 2. The zero-order valence-corrected chi connectivity index (χ0v) is 11.8. The van der Waals surface area contributed by atoms with E-state index in [0.717, 1.165) is 0 Å². The van der Waals surface area contributed by atoms with E-state index in [1.807, 2.05) is 0 Å². The fourth-order valence-corrected chi connectivity index (χ4v) is 2.30. The van der Waals surface area contributed by atoms with Gasteiger partial charge in [-0.3, -0.25) is 4.79 Å². The molecule has 0 spiro atoms. The van der Waals surface area contributed by atoms with Crippen molar-refractivity contribution in [2.24, 2.45) is 0 Å². The Labute approximate surface area is 124 Å². The molecule has 0 N–H and O–H groups in total. The monoisotopic (exact) mass is 304 g/mol. The molecule has 21 heavy (non-hydrogen) atoms. The maximum Gasteiger partial charge on any atom is 0.231 e. The quantitative estimate of drug-likeness (QED) is 0.670. The van der Waals surface area contributed by atoms with Crippen LogP contribution < -0.4 is 4.74 Å². The molecule has 3 rings (SSSR count). The number of furan rings is 1. The minimum Gasteiger partial charge on any atom is -0.496 e. The Bertz CT molecular complexity index is 839. The molecule has 0 amide bonds. The van der Waals surface area contributed by atoms with Crippen LogP contribution >= 0.6 is 11.6 Å². The summed E-state index contributed by atoms with van der Waals surface area (Å²) in [7, 11) is 1.46. The first kappa shape index (κ1) is 13.6. The summed E-state index contributed by atoms with van der Waals surface area (Å²) in [5.74, 6) is -0.504. The van der Waals surface area contributed by atoms with E-state index in [1.165, 1.54) is 25.3 Å². The predicted molar refractivity (Wildman–Crippen MR) is 77.6 cm³/mol. The van der Waals surface area contributed by atoms with E-state index in [2.05, 4.69) is 0 Å². The first-order valence-electron chi connectivity index (χ1n) is 6.16. The van der Waals surface area contributed by atoms with Crippen molar-refractivity contribution in [1.29, 1.82) is 0 Å². The van der Waals surface area contributed by atoms with E-state index in [4.69, 9.17) is 20.8 Å². The van der Waals surface area contributed by atoms with Crippen LogP contribution in [0.3, 0.4) is 0 Å². The molecule has 0 saturated carbocycles. The van der Waals surface area contributed by atoms with Gasteiger partial charge in [0.25, 0.3) is 0 Å². The summed E-state index contributed by atoms with van der Waals surface area (Å²) >= 11 is 5.91. The summed E-state index contributed by atoms with van der Waals surface area (Å²) in [5, 5.41) is 0.931. The van der Waals surface area contributed by atoms with Crippen molar-refractivity contribution >= 4 is 28.4 Å². The SMILES string of the molecule is COc1ccc(Cl)cc1C(=O)c1cc2cccc(F)c2o1. The van der Waals surface area contributed by atoms with Gasteiger partial charge >= 0.3 is 0 Å². The van der Waals surface area contributed by atoms with Crippen LogP contribution in [-0.4, -0.2) is 12.9 Å². The van der Waals surface area contributed by atoms with Crippen LogP contribution in [0.1, 0.15) is 16.1 Å². The molecule has 1 aromatic heterocycles. The third-order valence-corrected chi connectivity index (χ3v) is 3.36. The van der Waals surface area contributed by atoms with Gasteiger partial charge in [0, 0.05) is 10.4 Å². The summed E-state index contributed by atoms with van der Waals surface area (Å²) in [4.78, 5) is 12.5. The Kier molecular flexibility index (Phi) is 3.39. The highest BCUT2D eigenvalue weighted by molar-refractivity contribution is 6.31. The van der Waals surface area contributed by atoms with Gasteiger partial charge in [0.05, 0.1) is 12.7 Å². The molecular formula is C16H10ClFO3. The predicted octanol–water partition coefficient (Wildman–Crippen LogP) is 4.46. The smallest absolute Gasteiger partial charge is 0.231 e. The van der Waals surface area contributed by atoms with E-state index < -0.39 is 11.6 Å². The van der Waals surface area contributed by atoms with Crippen LogP contribution in [-0.2, 0) is 0 Å². The number of methoxy groups -OCH3 is 1. The van der Waals surface area contributed by atoms with E-state index in [1.54, 1.807) is 24.3 Å². The Morgan fingerprint density at radius 1 is 1.24 bits per heavy atom. The second-order valence-electron chi connectivity index (χ2n) is 4.44. The molecule has 106 valence electrons.